The van der Waals surface area contributed by atoms with Crippen molar-refractivity contribution >= 4 is 0 Å². The Morgan fingerprint density at radius 2 is 1.74 bits per heavy atom. The van der Waals surface area contributed by atoms with Gasteiger partial charge in [-0.1, -0.05) is 57.2 Å². The number of unbranched alkanes of at least 4 members (excludes halogenated alkanes) is 5. The van der Waals surface area contributed by atoms with Crippen molar-refractivity contribution in [1.82, 2.24) is 5.32 Å². The van der Waals surface area contributed by atoms with Crippen LogP contribution in [-0.2, 0) is 0 Å². The Hall–Kier alpha value is -1.02. The van der Waals surface area contributed by atoms with E-state index in [-0.39, 0.29) is 0 Å². The fourth-order valence-corrected chi connectivity index (χ4v) is 2.36. The highest BCUT2D eigenvalue weighted by Crippen LogP contribution is 2.24. The first kappa shape index (κ1) is 16.0. The number of rotatable bonds is 10. The quantitative estimate of drug-likeness (QED) is 0.617. The maximum absolute atomic E-state index is 5.40. The van der Waals surface area contributed by atoms with Crippen LogP contribution in [0, 0.1) is 0 Å². The maximum Gasteiger partial charge on any atom is 0.123 e. The second kappa shape index (κ2) is 9.85. The standard InChI is InChI=1S/C17H29NO/c1-4-5-6-7-8-11-14-18-15(2)16-12-9-10-13-17(16)19-3/h9-10,12-13,15,18H,4-8,11,14H2,1-3H3/t15-/m0/s1. The lowest BCUT2D eigenvalue weighted by atomic mass is 10.1. The van der Waals surface area contributed by atoms with Gasteiger partial charge < -0.3 is 10.1 Å². The predicted molar refractivity (Wildman–Crippen MR) is 82.8 cm³/mol. The molecule has 0 saturated carbocycles. The van der Waals surface area contributed by atoms with Gasteiger partial charge >= 0.3 is 0 Å². The van der Waals surface area contributed by atoms with E-state index >= 15 is 0 Å². The van der Waals surface area contributed by atoms with E-state index in [0.29, 0.717) is 6.04 Å². The lowest BCUT2D eigenvalue weighted by Crippen LogP contribution is -2.20. The minimum absolute atomic E-state index is 0.354. The van der Waals surface area contributed by atoms with Crippen LogP contribution >= 0.6 is 0 Å². The molecule has 0 radical (unpaired) electrons. The van der Waals surface area contributed by atoms with Crippen LogP contribution in [0.15, 0.2) is 24.3 Å². The Morgan fingerprint density at radius 3 is 2.47 bits per heavy atom. The van der Waals surface area contributed by atoms with Gasteiger partial charge in [0.15, 0.2) is 0 Å². The summed E-state index contributed by atoms with van der Waals surface area (Å²) in [6, 6.07) is 8.60. The molecule has 1 aromatic carbocycles. The second-order valence-electron chi connectivity index (χ2n) is 5.19. The summed E-state index contributed by atoms with van der Waals surface area (Å²) in [6.45, 7) is 5.55. The molecule has 19 heavy (non-hydrogen) atoms. The summed E-state index contributed by atoms with van der Waals surface area (Å²) in [5.41, 5.74) is 1.25. The van der Waals surface area contributed by atoms with Crippen LogP contribution in [0.1, 0.15) is 64.0 Å². The van der Waals surface area contributed by atoms with Crippen LogP contribution in [0.5, 0.6) is 5.75 Å². The maximum atomic E-state index is 5.40. The van der Waals surface area contributed by atoms with E-state index in [9.17, 15) is 0 Å². The van der Waals surface area contributed by atoms with E-state index in [1.165, 1.54) is 44.1 Å². The zero-order valence-corrected chi connectivity index (χ0v) is 12.7. The van der Waals surface area contributed by atoms with E-state index in [2.05, 4.69) is 31.3 Å². The highest BCUT2D eigenvalue weighted by atomic mass is 16.5. The zero-order valence-electron chi connectivity index (χ0n) is 12.7. The molecule has 0 aliphatic rings. The van der Waals surface area contributed by atoms with Gasteiger partial charge in [0.25, 0.3) is 0 Å². The topological polar surface area (TPSA) is 21.3 Å². The van der Waals surface area contributed by atoms with E-state index in [4.69, 9.17) is 4.74 Å². The van der Waals surface area contributed by atoms with Gasteiger partial charge in [0, 0.05) is 11.6 Å². The Bertz CT molecular complexity index is 338. The molecule has 0 unspecified atom stereocenters. The highest BCUT2D eigenvalue weighted by Gasteiger charge is 2.09. The minimum Gasteiger partial charge on any atom is -0.496 e. The summed E-state index contributed by atoms with van der Waals surface area (Å²) in [6.07, 6.45) is 8.07. The molecule has 1 rings (SSSR count). The molecule has 1 aromatic rings. The molecule has 2 nitrogen and oxygen atoms in total. The first-order chi connectivity index (χ1) is 9.29. The van der Waals surface area contributed by atoms with Gasteiger partial charge in [-0.25, -0.2) is 0 Å². The molecule has 0 fully saturated rings. The Labute approximate surface area is 118 Å². The highest BCUT2D eigenvalue weighted by molar-refractivity contribution is 5.35. The van der Waals surface area contributed by atoms with Crippen LogP contribution in [-0.4, -0.2) is 13.7 Å². The lowest BCUT2D eigenvalue weighted by molar-refractivity contribution is 0.401. The SMILES string of the molecule is CCCCCCCCN[C@@H](C)c1ccccc1OC. The lowest BCUT2D eigenvalue weighted by Gasteiger charge is -2.17. The van der Waals surface area contributed by atoms with Crippen LogP contribution in [0.4, 0.5) is 0 Å². The van der Waals surface area contributed by atoms with Crippen molar-refractivity contribution in [2.75, 3.05) is 13.7 Å². The van der Waals surface area contributed by atoms with Crippen LogP contribution in [0.2, 0.25) is 0 Å². The molecular weight excluding hydrogens is 234 g/mol. The summed E-state index contributed by atoms with van der Waals surface area (Å²) in [4.78, 5) is 0. The number of ether oxygens (including phenoxy) is 1. The van der Waals surface area contributed by atoms with E-state index in [1.54, 1.807) is 7.11 Å². The van der Waals surface area contributed by atoms with Crippen molar-refractivity contribution < 1.29 is 4.74 Å². The van der Waals surface area contributed by atoms with Crippen molar-refractivity contribution in [1.29, 1.82) is 0 Å². The molecule has 1 N–H and O–H groups in total. The number of nitrogens with one attached hydrogen (secondary N) is 1. The molecule has 1 atom stereocenters. The monoisotopic (exact) mass is 263 g/mol. The molecule has 0 saturated heterocycles. The van der Waals surface area contributed by atoms with Gasteiger partial charge in [0.1, 0.15) is 5.75 Å². The fourth-order valence-electron chi connectivity index (χ4n) is 2.36. The third kappa shape index (κ3) is 6.11. The van der Waals surface area contributed by atoms with Crippen LogP contribution in [0.3, 0.4) is 0 Å². The van der Waals surface area contributed by atoms with Crippen molar-refractivity contribution in [3.05, 3.63) is 29.8 Å². The molecule has 108 valence electrons. The van der Waals surface area contributed by atoms with Gasteiger partial charge in [-0.3, -0.25) is 0 Å². The Morgan fingerprint density at radius 1 is 1.05 bits per heavy atom. The van der Waals surface area contributed by atoms with Crippen molar-refractivity contribution in [2.24, 2.45) is 0 Å². The Kier molecular flexibility index (Phi) is 8.31. The summed E-state index contributed by atoms with van der Waals surface area (Å²) in [7, 11) is 1.74. The Balaban J connectivity index is 2.22. The van der Waals surface area contributed by atoms with Crippen LogP contribution in [0.25, 0.3) is 0 Å². The third-order valence-corrected chi connectivity index (χ3v) is 3.59. The average Bonchev–Trinajstić information content (AvgIpc) is 2.46. The third-order valence-electron chi connectivity index (χ3n) is 3.59. The molecule has 0 bridgehead atoms. The molecule has 2 heteroatoms. The van der Waals surface area contributed by atoms with Crippen molar-refractivity contribution in [3.8, 4) is 5.75 Å². The summed E-state index contributed by atoms with van der Waals surface area (Å²) < 4.78 is 5.40. The van der Waals surface area contributed by atoms with Crippen molar-refractivity contribution in [2.45, 2.75) is 58.4 Å². The molecule has 0 heterocycles. The smallest absolute Gasteiger partial charge is 0.123 e. The van der Waals surface area contributed by atoms with E-state index in [1.807, 2.05) is 12.1 Å². The average molecular weight is 263 g/mol. The number of hydrogen-bond donors (Lipinski definition) is 1. The predicted octanol–water partition coefficient (Wildman–Crippen LogP) is 4.71. The first-order valence-electron chi connectivity index (χ1n) is 7.66. The van der Waals surface area contributed by atoms with Gasteiger partial charge in [0.2, 0.25) is 0 Å². The van der Waals surface area contributed by atoms with E-state index in [0.717, 1.165) is 12.3 Å². The normalized spacial score (nSPS) is 12.4. The van der Waals surface area contributed by atoms with Gasteiger partial charge in [-0.2, -0.15) is 0 Å². The molecule has 0 aromatic heterocycles. The summed E-state index contributed by atoms with van der Waals surface area (Å²) in [5, 5.41) is 3.58. The second-order valence-corrected chi connectivity index (χ2v) is 5.19. The number of para-hydroxylation sites is 1. The zero-order chi connectivity index (χ0) is 13.9. The largest absolute Gasteiger partial charge is 0.496 e. The van der Waals surface area contributed by atoms with E-state index < -0.39 is 0 Å². The summed E-state index contributed by atoms with van der Waals surface area (Å²) in [5.74, 6) is 0.977. The minimum atomic E-state index is 0.354. The fraction of sp³-hybridized carbons (Fsp3) is 0.647. The van der Waals surface area contributed by atoms with Crippen LogP contribution < -0.4 is 10.1 Å². The van der Waals surface area contributed by atoms with Crippen molar-refractivity contribution in [3.63, 3.8) is 0 Å². The summed E-state index contributed by atoms with van der Waals surface area (Å²) >= 11 is 0. The number of hydrogen-bond acceptors (Lipinski definition) is 2. The molecule has 0 amide bonds. The first-order valence-corrected chi connectivity index (χ1v) is 7.66. The molecule has 0 aliphatic heterocycles. The van der Waals surface area contributed by atoms with Gasteiger partial charge in [0.05, 0.1) is 7.11 Å². The molecule has 0 spiro atoms. The number of methoxy groups -OCH3 is 1. The molecular formula is C17H29NO. The van der Waals surface area contributed by atoms with Gasteiger partial charge in [-0.15, -0.1) is 0 Å². The van der Waals surface area contributed by atoms with Gasteiger partial charge in [-0.05, 0) is 26.0 Å². The molecule has 0 aliphatic carbocycles. The number of benzene rings is 1.